The molecule has 0 saturated carbocycles. The molecule has 0 atom stereocenters. The summed E-state index contributed by atoms with van der Waals surface area (Å²) in [6, 6.07) is 26.3. The summed E-state index contributed by atoms with van der Waals surface area (Å²) in [7, 11) is 0. The number of rotatable bonds is 7. The number of alkyl halides is 4. The molecule has 0 heterocycles. The fraction of sp³-hybridized carbons (Fsp3) is 0.0909. The maximum absolute atomic E-state index is 12.9. The molecule has 0 aliphatic rings. The fourth-order valence-corrected chi connectivity index (χ4v) is 17.4. The average molecular weight is 609 g/mol. The van der Waals surface area contributed by atoms with Gasteiger partial charge in [0.1, 0.15) is 0 Å². The second kappa shape index (κ2) is 10.0. The molecule has 9 heteroatoms. The third-order valence-electron chi connectivity index (χ3n) is 4.56. The zero-order valence-electron chi connectivity index (χ0n) is 15.9. The van der Waals surface area contributed by atoms with Crippen molar-refractivity contribution in [3.05, 3.63) is 91.0 Å². The van der Waals surface area contributed by atoms with E-state index in [1.165, 1.54) is 0 Å². The molecule has 0 aromatic heterocycles. The third-order valence-corrected chi connectivity index (χ3v) is 18.9. The molecule has 0 radical (unpaired) electrons. The van der Waals surface area contributed by atoms with Crippen LogP contribution in [0.1, 0.15) is 0 Å². The normalized spacial score (nSPS) is 12.8. The zero-order chi connectivity index (χ0) is 22.5. The van der Waals surface area contributed by atoms with E-state index in [0.717, 1.165) is 0 Å². The van der Waals surface area contributed by atoms with Crippen molar-refractivity contribution >= 4 is 87.1 Å². The van der Waals surface area contributed by atoms with E-state index in [-0.39, 0.29) is 0 Å². The summed E-state index contributed by atoms with van der Waals surface area (Å²) in [5, 5.41) is 0. The molecule has 0 saturated heterocycles. The molecule has 3 rings (SSSR count). The molecule has 3 aromatic carbocycles. The van der Waals surface area contributed by atoms with Crippen LogP contribution in [0.3, 0.4) is 0 Å². The van der Waals surface area contributed by atoms with Crippen LogP contribution in [0.4, 0.5) is 0 Å². The fourth-order valence-electron chi connectivity index (χ4n) is 3.30. The standard InChI is InChI=1S/3C6H5.2C2H2Cl2O2.Sb/c3*1-2-4-6-5-3-1;2*3-1(4)2(5)6;/h3*1-5H;2*1H,(H,5,6);/q;;;;;+2/p-2. The van der Waals surface area contributed by atoms with Crippen LogP contribution in [-0.2, 0) is 15.6 Å². The van der Waals surface area contributed by atoms with Crippen LogP contribution in [0.15, 0.2) is 91.0 Å². The molecule has 4 nitrogen and oxygen atoms in total. The predicted molar refractivity (Wildman–Crippen MR) is 127 cm³/mol. The van der Waals surface area contributed by atoms with E-state index in [2.05, 4.69) is 0 Å². The Morgan fingerprint density at radius 1 is 0.548 bits per heavy atom. The summed E-state index contributed by atoms with van der Waals surface area (Å²) in [4.78, 5) is 22.9. The first-order valence-corrected chi connectivity index (χ1v) is 16.7. The topological polar surface area (TPSA) is 52.6 Å². The van der Waals surface area contributed by atoms with Crippen LogP contribution in [0, 0.1) is 0 Å². The number of hydrogen-bond donors (Lipinski definition) is 0. The van der Waals surface area contributed by atoms with Crippen LogP contribution < -0.4 is 10.5 Å². The van der Waals surface area contributed by atoms with E-state index < -0.39 is 39.8 Å². The second-order valence-electron chi connectivity index (χ2n) is 6.39. The number of carbonyl (C=O) groups is 2. The van der Waals surface area contributed by atoms with Crippen molar-refractivity contribution < 1.29 is 15.6 Å². The molecule has 0 bridgehead atoms. The van der Waals surface area contributed by atoms with Crippen LogP contribution in [0.25, 0.3) is 0 Å². The van der Waals surface area contributed by atoms with Gasteiger partial charge in [0, 0.05) is 0 Å². The van der Waals surface area contributed by atoms with Crippen molar-refractivity contribution in [3.8, 4) is 0 Å². The summed E-state index contributed by atoms with van der Waals surface area (Å²) in [6.45, 7) is 0. The third kappa shape index (κ3) is 4.55. The first-order valence-electron chi connectivity index (χ1n) is 9.03. The first-order chi connectivity index (χ1) is 14.8. The Balaban J connectivity index is 2.54. The van der Waals surface area contributed by atoms with Crippen LogP contribution in [0.5, 0.6) is 0 Å². The Morgan fingerprint density at radius 3 is 1.03 bits per heavy atom. The Labute approximate surface area is 202 Å². The molecular formula is C22H17Cl4O4Sb. The SMILES string of the molecule is O=C([O][Sb]([O]C(=O)C(Cl)Cl)([c]1ccccc1)([c]1ccccc1)[c]1ccccc1)C(Cl)Cl. The van der Waals surface area contributed by atoms with E-state index in [4.69, 9.17) is 52.4 Å². The van der Waals surface area contributed by atoms with Crippen LogP contribution in [0.2, 0.25) is 0 Å². The molecule has 0 N–H and O–H groups in total. The molecule has 162 valence electrons. The van der Waals surface area contributed by atoms with Crippen molar-refractivity contribution in [1.82, 2.24) is 0 Å². The number of hydrogen-bond acceptors (Lipinski definition) is 4. The van der Waals surface area contributed by atoms with Crippen LogP contribution in [-0.4, -0.2) is 39.8 Å². The van der Waals surface area contributed by atoms with Crippen LogP contribution >= 0.6 is 46.4 Å². The number of carbonyl (C=O) groups excluding carboxylic acids is 2. The van der Waals surface area contributed by atoms with Gasteiger partial charge in [0.25, 0.3) is 0 Å². The van der Waals surface area contributed by atoms with Gasteiger partial charge in [0.2, 0.25) is 0 Å². The summed E-state index contributed by atoms with van der Waals surface area (Å²) >= 11 is 17.6. The summed E-state index contributed by atoms with van der Waals surface area (Å²) in [5.41, 5.74) is 0. The van der Waals surface area contributed by atoms with E-state index in [1.54, 1.807) is 91.0 Å². The molecule has 0 fully saturated rings. The summed E-state index contributed by atoms with van der Waals surface area (Å²) < 4.78 is 13.9. The van der Waals surface area contributed by atoms with Gasteiger partial charge in [-0.05, 0) is 0 Å². The average Bonchev–Trinajstić information content (AvgIpc) is 2.80. The van der Waals surface area contributed by atoms with Gasteiger partial charge in [-0.2, -0.15) is 0 Å². The second-order valence-corrected chi connectivity index (χ2v) is 19.5. The van der Waals surface area contributed by atoms with Gasteiger partial charge in [0.15, 0.2) is 0 Å². The summed E-state index contributed by atoms with van der Waals surface area (Å²) in [6.07, 6.45) is 0. The monoisotopic (exact) mass is 606 g/mol. The molecule has 0 unspecified atom stereocenters. The number of benzene rings is 3. The zero-order valence-corrected chi connectivity index (χ0v) is 21.5. The van der Waals surface area contributed by atoms with Gasteiger partial charge in [-0.3, -0.25) is 0 Å². The summed E-state index contributed by atoms with van der Waals surface area (Å²) in [5.74, 6) is -1.90. The van der Waals surface area contributed by atoms with Crippen molar-refractivity contribution in [2.24, 2.45) is 0 Å². The van der Waals surface area contributed by atoms with E-state index >= 15 is 0 Å². The Morgan fingerprint density at radius 2 is 0.806 bits per heavy atom. The maximum atomic E-state index is 12.9. The molecular weight excluding hydrogens is 592 g/mol. The van der Waals surface area contributed by atoms with Gasteiger partial charge >= 0.3 is 203 Å². The predicted octanol–water partition coefficient (Wildman–Crippen LogP) is 3.80. The number of halogens is 4. The van der Waals surface area contributed by atoms with E-state index in [1.807, 2.05) is 0 Å². The van der Waals surface area contributed by atoms with Gasteiger partial charge in [-0.15, -0.1) is 0 Å². The Hall–Kier alpha value is -1.42. The van der Waals surface area contributed by atoms with Crippen molar-refractivity contribution in [1.29, 1.82) is 0 Å². The van der Waals surface area contributed by atoms with Crippen molar-refractivity contribution in [2.45, 2.75) is 9.67 Å². The Kier molecular flexibility index (Phi) is 7.83. The van der Waals surface area contributed by atoms with Crippen molar-refractivity contribution in [3.63, 3.8) is 0 Å². The first kappa shape index (κ1) is 24.2. The molecule has 0 aliphatic carbocycles. The molecule has 0 aliphatic heterocycles. The van der Waals surface area contributed by atoms with Gasteiger partial charge < -0.3 is 0 Å². The van der Waals surface area contributed by atoms with Crippen molar-refractivity contribution in [2.75, 3.05) is 0 Å². The quantitative estimate of drug-likeness (QED) is 0.303. The molecule has 0 amide bonds. The minimum atomic E-state index is -5.94. The minimum absolute atomic E-state index is 0.498. The van der Waals surface area contributed by atoms with Gasteiger partial charge in [0.05, 0.1) is 0 Å². The molecule has 3 aromatic rings. The molecule has 31 heavy (non-hydrogen) atoms. The Bertz CT molecular complexity index is 921. The van der Waals surface area contributed by atoms with E-state index in [9.17, 15) is 9.59 Å². The van der Waals surface area contributed by atoms with Gasteiger partial charge in [-0.1, -0.05) is 0 Å². The molecule has 0 spiro atoms. The van der Waals surface area contributed by atoms with Gasteiger partial charge in [-0.25, -0.2) is 0 Å². The van der Waals surface area contributed by atoms with E-state index in [0.29, 0.717) is 10.5 Å².